The van der Waals surface area contributed by atoms with E-state index >= 15 is 0 Å². The zero-order valence-corrected chi connectivity index (χ0v) is 23.1. The Hall–Kier alpha value is -2.64. The first-order valence-corrected chi connectivity index (χ1v) is 14.0. The maximum atomic E-state index is 13.0. The highest BCUT2D eigenvalue weighted by atomic mass is 79.9. The molecule has 2 heterocycles. The fourth-order valence-electron chi connectivity index (χ4n) is 5.99. The molecule has 1 saturated carbocycles. The molecule has 1 aromatic heterocycles. The molecule has 1 aliphatic heterocycles. The number of aliphatic hydroxyl groups is 1. The Morgan fingerprint density at radius 2 is 2.03 bits per heavy atom. The van der Waals surface area contributed by atoms with Crippen molar-refractivity contribution >= 4 is 32.8 Å². The summed E-state index contributed by atoms with van der Waals surface area (Å²) in [7, 11) is 0. The van der Waals surface area contributed by atoms with Crippen LogP contribution in [0.2, 0.25) is 0 Å². The van der Waals surface area contributed by atoms with Crippen LogP contribution in [0.4, 0.5) is 0 Å². The van der Waals surface area contributed by atoms with Gasteiger partial charge in [0.25, 0.3) is 0 Å². The Bertz CT molecular complexity index is 1380. The monoisotopic (exact) mass is 567 g/mol. The van der Waals surface area contributed by atoms with Crippen molar-refractivity contribution in [1.29, 1.82) is 0 Å². The van der Waals surface area contributed by atoms with Gasteiger partial charge < -0.3 is 19.2 Å². The second kappa shape index (κ2) is 10.6. The standard InChI is InChI=1S/C30H34BrNO5/c1-19-24-9-11-26(36-18-21-6-5-8-23(31)16-21)20(2)28(24)37-29(34)25(19)10-12-27(33)32-15-14-30(35)13-4-3-7-22(30)17-32/h5-6,8-9,11,16,22,35H,3-4,7,10,12-15,17-18H2,1-2H3/t22-,30-/m0/s1. The van der Waals surface area contributed by atoms with E-state index in [1.54, 1.807) is 0 Å². The van der Waals surface area contributed by atoms with Gasteiger partial charge in [0.2, 0.25) is 5.91 Å². The van der Waals surface area contributed by atoms with Gasteiger partial charge in [0.1, 0.15) is 17.9 Å². The number of aryl methyl sites for hydroxylation is 2. The van der Waals surface area contributed by atoms with E-state index in [1.807, 2.05) is 55.1 Å². The predicted octanol–water partition coefficient (Wildman–Crippen LogP) is 5.84. The lowest BCUT2D eigenvalue weighted by Crippen LogP contribution is -2.54. The number of rotatable bonds is 6. The first-order chi connectivity index (χ1) is 17.7. The molecule has 1 amide bonds. The van der Waals surface area contributed by atoms with Gasteiger partial charge in [0.05, 0.1) is 5.60 Å². The topological polar surface area (TPSA) is 80.0 Å². The molecule has 196 valence electrons. The number of ether oxygens (including phenoxy) is 1. The zero-order valence-electron chi connectivity index (χ0n) is 21.5. The number of likely N-dealkylation sites (tertiary alicyclic amines) is 1. The zero-order chi connectivity index (χ0) is 26.2. The molecular formula is C30H34BrNO5. The third-order valence-electron chi connectivity index (χ3n) is 8.31. The van der Waals surface area contributed by atoms with Crippen molar-refractivity contribution in [3.05, 3.63) is 73.5 Å². The molecule has 1 aliphatic carbocycles. The average Bonchev–Trinajstić information content (AvgIpc) is 2.88. The summed E-state index contributed by atoms with van der Waals surface area (Å²) in [6, 6.07) is 11.8. The lowest BCUT2D eigenvalue weighted by atomic mass is 9.71. The van der Waals surface area contributed by atoms with Crippen LogP contribution in [0.3, 0.4) is 0 Å². The number of benzene rings is 2. The van der Waals surface area contributed by atoms with Gasteiger partial charge in [0.15, 0.2) is 0 Å². The van der Waals surface area contributed by atoms with Crippen molar-refractivity contribution in [2.75, 3.05) is 13.1 Å². The molecule has 3 aromatic rings. The largest absolute Gasteiger partial charge is 0.488 e. The minimum atomic E-state index is -0.608. The molecule has 1 saturated heterocycles. The number of hydrogen-bond acceptors (Lipinski definition) is 5. The van der Waals surface area contributed by atoms with E-state index in [0.29, 0.717) is 49.4 Å². The van der Waals surface area contributed by atoms with Crippen molar-refractivity contribution in [2.45, 2.75) is 71.0 Å². The minimum absolute atomic E-state index is 0.0407. The molecule has 1 N–H and O–H groups in total. The maximum Gasteiger partial charge on any atom is 0.339 e. The summed E-state index contributed by atoms with van der Waals surface area (Å²) in [4.78, 5) is 27.9. The Morgan fingerprint density at radius 1 is 1.19 bits per heavy atom. The molecule has 2 aliphatic rings. The van der Waals surface area contributed by atoms with E-state index in [4.69, 9.17) is 9.15 Å². The number of nitrogens with zero attached hydrogens (tertiary/aromatic N) is 1. The van der Waals surface area contributed by atoms with E-state index in [2.05, 4.69) is 15.9 Å². The molecule has 0 bridgehead atoms. The Labute approximate surface area is 225 Å². The van der Waals surface area contributed by atoms with Crippen LogP contribution in [0, 0.1) is 19.8 Å². The van der Waals surface area contributed by atoms with Gasteiger partial charge in [-0.05, 0) is 74.9 Å². The van der Waals surface area contributed by atoms with Crippen molar-refractivity contribution < 1.29 is 19.1 Å². The maximum absolute atomic E-state index is 13.0. The van der Waals surface area contributed by atoms with Gasteiger partial charge in [0, 0.05) is 46.4 Å². The van der Waals surface area contributed by atoms with Gasteiger partial charge in [-0.2, -0.15) is 0 Å². The van der Waals surface area contributed by atoms with E-state index in [0.717, 1.165) is 52.2 Å². The summed E-state index contributed by atoms with van der Waals surface area (Å²) >= 11 is 3.48. The van der Waals surface area contributed by atoms with Gasteiger partial charge in [-0.1, -0.05) is 40.9 Å². The first kappa shape index (κ1) is 26.0. The van der Waals surface area contributed by atoms with E-state index in [-0.39, 0.29) is 18.2 Å². The number of halogens is 1. The molecule has 37 heavy (non-hydrogen) atoms. The van der Waals surface area contributed by atoms with Crippen LogP contribution in [0.1, 0.15) is 60.8 Å². The van der Waals surface area contributed by atoms with Crippen LogP contribution in [-0.2, 0) is 17.8 Å². The highest BCUT2D eigenvalue weighted by Gasteiger charge is 2.43. The molecule has 2 fully saturated rings. The quantitative estimate of drug-likeness (QED) is 0.378. The second-order valence-electron chi connectivity index (χ2n) is 10.6. The van der Waals surface area contributed by atoms with E-state index in [1.165, 1.54) is 0 Å². The number of carbonyl (C=O) groups is 1. The predicted molar refractivity (Wildman–Crippen MR) is 147 cm³/mol. The average molecular weight is 569 g/mol. The van der Waals surface area contributed by atoms with E-state index < -0.39 is 11.2 Å². The van der Waals surface area contributed by atoms with Gasteiger partial charge in [-0.15, -0.1) is 0 Å². The molecule has 5 rings (SSSR count). The van der Waals surface area contributed by atoms with Crippen LogP contribution in [0.25, 0.3) is 11.0 Å². The van der Waals surface area contributed by atoms with Crippen molar-refractivity contribution in [2.24, 2.45) is 5.92 Å². The number of carbonyl (C=O) groups excluding carboxylic acids is 1. The SMILES string of the molecule is Cc1c(CCC(=O)N2CC[C@@]3(O)CCCC[C@H]3C2)c(=O)oc2c(C)c(OCc3cccc(Br)c3)ccc12. The van der Waals surface area contributed by atoms with E-state index in [9.17, 15) is 14.7 Å². The summed E-state index contributed by atoms with van der Waals surface area (Å²) in [6.07, 6.45) is 5.24. The van der Waals surface area contributed by atoms with Gasteiger partial charge in [-0.3, -0.25) is 4.79 Å². The summed E-state index contributed by atoms with van der Waals surface area (Å²) in [5.74, 6) is 0.874. The highest BCUT2D eigenvalue weighted by Crippen LogP contribution is 2.40. The molecule has 2 atom stereocenters. The molecular weight excluding hydrogens is 534 g/mol. The second-order valence-corrected chi connectivity index (χ2v) is 11.5. The number of piperidine rings is 1. The Balaban J connectivity index is 1.29. The number of fused-ring (bicyclic) bond motifs is 2. The lowest BCUT2D eigenvalue weighted by molar-refractivity contribution is -0.143. The molecule has 0 unspecified atom stereocenters. The molecule has 7 heteroatoms. The third kappa shape index (κ3) is 5.34. The Kier molecular flexibility index (Phi) is 7.46. The van der Waals surface area contributed by atoms with Crippen LogP contribution < -0.4 is 10.4 Å². The Morgan fingerprint density at radius 3 is 2.84 bits per heavy atom. The van der Waals surface area contributed by atoms with Crippen molar-refractivity contribution in [3.8, 4) is 5.75 Å². The number of hydrogen-bond donors (Lipinski definition) is 1. The van der Waals surface area contributed by atoms with Gasteiger partial charge in [-0.25, -0.2) is 4.79 Å². The van der Waals surface area contributed by atoms with Crippen LogP contribution in [0.15, 0.2) is 50.1 Å². The van der Waals surface area contributed by atoms with Gasteiger partial charge >= 0.3 is 5.63 Å². The fourth-order valence-corrected chi connectivity index (χ4v) is 6.44. The first-order valence-electron chi connectivity index (χ1n) is 13.2. The third-order valence-corrected chi connectivity index (χ3v) is 8.80. The molecule has 0 spiro atoms. The highest BCUT2D eigenvalue weighted by molar-refractivity contribution is 9.10. The summed E-state index contributed by atoms with van der Waals surface area (Å²) in [6.45, 7) is 5.42. The molecule has 6 nitrogen and oxygen atoms in total. The molecule has 0 radical (unpaired) electrons. The van der Waals surface area contributed by atoms with Crippen LogP contribution in [0.5, 0.6) is 5.75 Å². The normalized spacial score (nSPS) is 21.6. The summed E-state index contributed by atoms with van der Waals surface area (Å²) < 4.78 is 12.8. The van der Waals surface area contributed by atoms with Crippen LogP contribution >= 0.6 is 15.9 Å². The van der Waals surface area contributed by atoms with Crippen LogP contribution in [-0.4, -0.2) is 34.6 Å². The summed E-state index contributed by atoms with van der Waals surface area (Å²) in [5.41, 5.74) is 2.73. The molecule has 2 aromatic carbocycles. The minimum Gasteiger partial charge on any atom is -0.488 e. The smallest absolute Gasteiger partial charge is 0.339 e. The van der Waals surface area contributed by atoms with Crippen molar-refractivity contribution in [3.63, 3.8) is 0 Å². The number of amides is 1. The van der Waals surface area contributed by atoms with Crippen molar-refractivity contribution in [1.82, 2.24) is 4.90 Å². The lowest BCUT2D eigenvalue weighted by Gasteiger charge is -2.47. The fraction of sp³-hybridized carbons (Fsp3) is 0.467. The summed E-state index contributed by atoms with van der Waals surface area (Å²) in [5, 5.41) is 11.8.